The number of halogens is 2. The van der Waals surface area contributed by atoms with Crippen LogP contribution >= 0.6 is 0 Å². The third-order valence-electron chi connectivity index (χ3n) is 6.16. The van der Waals surface area contributed by atoms with Crippen molar-refractivity contribution in [2.75, 3.05) is 24.2 Å². The molecular weight excluding hydrogens is 538 g/mol. The standard InChI is InChI=1S/C29H24F2N4O4S/c1-3-39-25-7-5-4-6-21(25)22-15-18-14-17(8-10-24(18)34-28(22)32)20-12-13-33-29(38-2)27(20)35-40(36,37)26-11-9-19(30)16-23(26)31/h4-16,35H,3H2,1-2H3,(H2,32,34). The van der Waals surface area contributed by atoms with E-state index in [1.807, 2.05) is 43.3 Å². The molecule has 0 fully saturated rings. The molecule has 204 valence electrons. The summed E-state index contributed by atoms with van der Waals surface area (Å²) in [5.41, 5.74) is 9.39. The second-order valence-corrected chi connectivity index (χ2v) is 10.3. The van der Waals surface area contributed by atoms with E-state index in [-0.39, 0.29) is 11.6 Å². The number of nitrogens with one attached hydrogen (secondary N) is 1. The van der Waals surface area contributed by atoms with Crippen LogP contribution in [0.3, 0.4) is 0 Å². The number of pyridine rings is 2. The predicted octanol–water partition coefficient (Wildman–Crippen LogP) is 6.03. The number of ether oxygens (including phenoxy) is 2. The normalized spacial score (nSPS) is 11.4. The molecule has 0 saturated carbocycles. The van der Waals surface area contributed by atoms with Gasteiger partial charge in [-0.3, -0.25) is 4.72 Å². The van der Waals surface area contributed by atoms with Gasteiger partial charge in [0, 0.05) is 34.3 Å². The third kappa shape index (κ3) is 5.10. The van der Waals surface area contributed by atoms with E-state index in [0.29, 0.717) is 46.4 Å². The molecule has 0 aliphatic rings. The van der Waals surface area contributed by atoms with Gasteiger partial charge in [-0.15, -0.1) is 0 Å². The summed E-state index contributed by atoms with van der Waals surface area (Å²) in [4.78, 5) is 7.95. The molecule has 0 radical (unpaired) electrons. The third-order valence-corrected chi connectivity index (χ3v) is 7.54. The van der Waals surface area contributed by atoms with Crippen LogP contribution < -0.4 is 19.9 Å². The van der Waals surface area contributed by atoms with Crippen LogP contribution in [-0.2, 0) is 10.0 Å². The van der Waals surface area contributed by atoms with E-state index in [1.54, 1.807) is 18.2 Å². The Morgan fingerprint density at radius 3 is 2.50 bits per heavy atom. The molecule has 0 bridgehead atoms. The molecule has 0 saturated heterocycles. The summed E-state index contributed by atoms with van der Waals surface area (Å²) in [6.07, 6.45) is 1.46. The van der Waals surface area contributed by atoms with Crippen LogP contribution in [0.4, 0.5) is 20.3 Å². The Kier molecular flexibility index (Phi) is 7.22. The van der Waals surface area contributed by atoms with Gasteiger partial charge in [-0.2, -0.15) is 0 Å². The lowest BCUT2D eigenvalue weighted by Crippen LogP contribution is -2.16. The number of nitrogens with zero attached hydrogens (tertiary/aromatic N) is 2. The van der Waals surface area contributed by atoms with E-state index in [9.17, 15) is 17.2 Å². The summed E-state index contributed by atoms with van der Waals surface area (Å²) in [5, 5.41) is 0.724. The zero-order valence-electron chi connectivity index (χ0n) is 21.5. The maximum absolute atomic E-state index is 14.4. The number of fused-ring (bicyclic) bond motifs is 1. The molecule has 3 aromatic carbocycles. The number of nitrogens with two attached hydrogens (primary N) is 1. The Balaban J connectivity index is 1.63. The fourth-order valence-corrected chi connectivity index (χ4v) is 5.50. The molecule has 5 rings (SSSR count). The average molecular weight is 563 g/mol. The van der Waals surface area contributed by atoms with Crippen molar-refractivity contribution >= 4 is 32.4 Å². The molecule has 11 heteroatoms. The summed E-state index contributed by atoms with van der Waals surface area (Å²) in [5.74, 6) is -1.17. The highest BCUT2D eigenvalue weighted by Crippen LogP contribution is 2.39. The van der Waals surface area contributed by atoms with Gasteiger partial charge < -0.3 is 15.2 Å². The number of para-hydroxylation sites is 1. The second kappa shape index (κ2) is 10.8. The fourth-order valence-electron chi connectivity index (χ4n) is 4.36. The number of benzene rings is 3. The van der Waals surface area contributed by atoms with E-state index in [0.717, 1.165) is 23.1 Å². The average Bonchev–Trinajstić information content (AvgIpc) is 2.93. The minimum absolute atomic E-state index is 0.0154. The van der Waals surface area contributed by atoms with E-state index in [4.69, 9.17) is 15.2 Å². The number of anilines is 2. The Bertz CT molecular complexity index is 1850. The lowest BCUT2D eigenvalue weighted by atomic mass is 9.99. The molecule has 0 aliphatic carbocycles. The number of nitrogen functional groups attached to an aromatic ring is 1. The van der Waals surface area contributed by atoms with Gasteiger partial charge >= 0.3 is 0 Å². The van der Waals surface area contributed by atoms with Crippen LogP contribution in [0.2, 0.25) is 0 Å². The van der Waals surface area contributed by atoms with E-state index in [1.165, 1.54) is 13.3 Å². The summed E-state index contributed by atoms with van der Waals surface area (Å²) in [7, 11) is -3.15. The van der Waals surface area contributed by atoms with Gasteiger partial charge in [0.25, 0.3) is 10.0 Å². The first kappa shape index (κ1) is 26.8. The van der Waals surface area contributed by atoms with Gasteiger partial charge in [0.05, 0.1) is 19.2 Å². The highest BCUT2D eigenvalue weighted by Gasteiger charge is 2.24. The van der Waals surface area contributed by atoms with Crippen LogP contribution in [0, 0.1) is 11.6 Å². The summed E-state index contributed by atoms with van der Waals surface area (Å²) >= 11 is 0. The Labute approximate surface area is 229 Å². The fraction of sp³-hybridized carbons (Fsp3) is 0.103. The Morgan fingerprint density at radius 2 is 1.75 bits per heavy atom. The zero-order valence-corrected chi connectivity index (χ0v) is 22.3. The highest BCUT2D eigenvalue weighted by molar-refractivity contribution is 7.92. The first-order valence-electron chi connectivity index (χ1n) is 12.2. The highest BCUT2D eigenvalue weighted by atomic mass is 32.2. The molecule has 40 heavy (non-hydrogen) atoms. The minimum Gasteiger partial charge on any atom is -0.493 e. The monoisotopic (exact) mass is 562 g/mol. The van der Waals surface area contributed by atoms with Crippen molar-refractivity contribution in [3.05, 3.63) is 90.6 Å². The van der Waals surface area contributed by atoms with E-state index in [2.05, 4.69) is 14.7 Å². The Morgan fingerprint density at radius 1 is 0.950 bits per heavy atom. The van der Waals surface area contributed by atoms with E-state index < -0.39 is 26.6 Å². The maximum atomic E-state index is 14.4. The van der Waals surface area contributed by atoms with Crippen LogP contribution in [0.15, 0.2) is 83.9 Å². The van der Waals surface area contributed by atoms with Gasteiger partial charge in [0.1, 0.15) is 33.8 Å². The molecule has 2 aromatic heterocycles. The number of rotatable bonds is 8. The molecule has 0 aliphatic heterocycles. The van der Waals surface area contributed by atoms with Gasteiger partial charge in [0.2, 0.25) is 5.88 Å². The molecule has 3 N–H and O–H groups in total. The molecule has 8 nitrogen and oxygen atoms in total. The van der Waals surface area contributed by atoms with Crippen molar-refractivity contribution in [1.82, 2.24) is 9.97 Å². The first-order chi connectivity index (χ1) is 19.2. The quantitative estimate of drug-likeness (QED) is 0.237. The second-order valence-electron chi connectivity index (χ2n) is 8.68. The largest absolute Gasteiger partial charge is 0.493 e. The van der Waals surface area contributed by atoms with Crippen LogP contribution in [-0.4, -0.2) is 32.1 Å². The molecule has 0 atom stereocenters. The van der Waals surface area contributed by atoms with Crippen molar-refractivity contribution in [2.45, 2.75) is 11.8 Å². The molecular formula is C29H24F2N4O4S. The molecule has 0 unspecified atom stereocenters. The number of methoxy groups -OCH3 is 1. The SMILES string of the molecule is CCOc1ccccc1-c1cc2cc(-c3ccnc(OC)c3NS(=O)(=O)c3ccc(F)cc3F)ccc2nc1N. The lowest BCUT2D eigenvalue weighted by molar-refractivity contribution is 0.341. The van der Waals surface area contributed by atoms with Crippen LogP contribution in [0.25, 0.3) is 33.2 Å². The number of hydrogen-bond donors (Lipinski definition) is 2. The molecule has 2 heterocycles. The molecule has 0 spiro atoms. The smallest absolute Gasteiger partial charge is 0.265 e. The topological polar surface area (TPSA) is 116 Å². The van der Waals surface area contributed by atoms with Gasteiger partial charge in [-0.1, -0.05) is 24.3 Å². The van der Waals surface area contributed by atoms with Gasteiger partial charge in [-0.25, -0.2) is 27.2 Å². The number of aromatic nitrogens is 2. The molecule has 5 aromatic rings. The predicted molar refractivity (Wildman–Crippen MR) is 150 cm³/mol. The Hall–Kier alpha value is -4.77. The van der Waals surface area contributed by atoms with Gasteiger partial charge in [-0.05, 0) is 55.0 Å². The lowest BCUT2D eigenvalue weighted by Gasteiger charge is -2.16. The molecule has 0 amide bonds. The summed E-state index contributed by atoms with van der Waals surface area (Å²) in [6, 6.07) is 18.5. The van der Waals surface area contributed by atoms with Crippen LogP contribution in [0.1, 0.15) is 6.92 Å². The first-order valence-corrected chi connectivity index (χ1v) is 13.6. The number of hydrogen-bond acceptors (Lipinski definition) is 7. The zero-order chi connectivity index (χ0) is 28.4. The van der Waals surface area contributed by atoms with E-state index >= 15 is 0 Å². The summed E-state index contributed by atoms with van der Waals surface area (Å²) < 4.78 is 67.5. The summed E-state index contributed by atoms with van der Waals surface area (Å²) in [6.45, 7) is 2.37. The number of sulfonamides is 1. The van der Waals surface area contributed by atoms with Gasteiger partial charge in [0.15, 0.2) is 0 Å². The minimum atomic E-state index is -4.48. The van der Waals surface area contributed by atoms with Crippen molar-refractivity contribution in [3.8, 4) is 33.9 Å². The van der Waals surface area contributed by atoms with Crippen molar-refractivity contribution in [3.63, 3.8) is 0 Å². The maximum Gasteiger partial charge on any atom is 0.265 e. The van der Waals surface area contributed by atoms with Crippen LogP contribution in [0.5, 0.6) is 11.6 Å². The van der Waals surface area contributed by atoms with Crippen molar-refractivity contribution in [2.24, 2.45) is 0 Å². The van der Waals surface area contributed by atoms with Crippen molar-refractivity contribution < 1.29 is 26.7 Å². The van der Waals surface area contributed by atoms with Crippen molar-refractivity contribution in [1.29, 1.82) is 0 Å².